The molecule has 0 radical (unpaired) electrons. The summed E-state index contributed by atoms with van der Waals surface area (Å²) in [6, 6.07) is 5.42. The number of hydrogen-bond acceptors (Lipinski definition) is 3. The second kappa shape index (κ2) is 8.40. The topological polar surface area (TPSA) is 53.3 Å². The van der Waals surface area contributed by atoms with E-state index in [0.29, 0.717) is 15.8 Å². The van der Waals surface area contributed by atoms with Gasteiger partial charge in [0.25, 0.3) is 0 Å². The molecule has 0 aromatic heterocycles. The number of hydrogen-bond donors (Lipinski definition) is 3. The van der Waals surface area contributed by atoms with Crippen molar-refractivity contribution in [1.29, 1.82) is 0 Å². The van der Waals surface area contributed by atoms with E-state index in [0.717, 1.165) is 49.3 Å². The zero-order valence-electron chi connectivity index (χ0n) is 14.1. The van der Waals surface area contributed by atoms with Gasteiger partial charge in [0.1, 0.15) is 0 Å². The van der Waals surface area contributed by atoms with Gasteiger partial charge < -0.3 is 21.3 Å². The van der Waals surface area contributed by atoms with Crippen LogP contribution in [0.3, 0.4) is 0 Å². The molecule has 0 bridgehead atoms. The number of likely N-dealkylation sites (tertiary alicyclic amines) is 1. The van der Waals surface area contributed by atoms with Crippen molar-refractivity contribution < 1.29 is 0 Å². The number of nitrogens with zero attached hydrogens (tertiary/aromatic N) is 1. The first-order chi connectivity index (χ1) is 11.4. The summed E-state index contributed by atoms with van der Waals surface area (Å²) in [7, 11) is 0. The Kier molecular flexibility index (Phi) is 6.52. The smallest absolute Gasteiger partial charge is 0.171 e. The maximum Gasteiger partial charge on any atom is 0.171 e. The predicted octanol–water partition coefficient (Wildman–Crippen LogP) is 4.15. The van der Waals surface area contributed by atoms with Gasteiger partial charge >= 0.3 is 0 Å². The van der Waals surface area contributed by atoms with Crippen LogP contribution in [0.1, 0.15) is 26.2 Å². The number of nitrogens with two attached hydrogens (primary N) is 1. The van der Waals surface area contributed by atoms with Crippen LogP contribution in [-0.2, 0) is 0 Å². The summed E-state index contributed by atoms with van der Waals surface area (Å²) in [6.45, 7) is 12.2. The fourth-order valence-electron chi connectivity index (χ4n) is 2.79. The number of rotatable bonds is 4. The van der Waals surface area contributed by atoms with Crippen molar-refractivity contribution in [3.05, 3.63) is 47.6 Å². The normalized spacial score (nSPS) is 18.0. The molecule has 4 nitrogen and oxygen atoms in total. The van der Waals surface area contributed by atoms with E-state index in [1.807, 2.05) is 13.0 Å². The lowest BCUT2D eigenvalue weighted by atomic mass is 10.1. The Labute approximate surface area is 154 Å². The number of anilines is 2. The SMILES string of the molecule is C=C(C)CN1CCCC[C@H](NC(=S)Nc2ccc(N)cc2Cl)C1=C. The van der Waals surface area contributed by atoms with Crippen molar-refractivity contribution in [2.75, 3.05) is 24.1 Å². The van der Waals surface area contributed by atoms with Gasteiger partial charge in [-0.05, 0) is 56.6 Å². The Bertz CT molecular complexity index is 644. The summed E-state index contributed by atoms with van der Waals surface area (Å²) < 4.78 is 0. The summed E-state index contributed by atoms with van der Waals surface area (Å²) in [5.41, 5.74) is 9.26. The molecule has 6 heteroatoms. The first-order valence-corrected chi connectivity index (χ1v) is 8.86. The molecule has 0 spiro atoms. The molecular weight excluding hydrogens is 340 g/mol. The molecule has 1 saturated heterocycles. The minimum absolute atomic E-state index is 0.111. The summed E-state index contributed by atoms with van der Waals surface area (Å²) in [4.78, 5) is 2.28. The van der Waals surface area contributed by atoms with Gasteiger partial charge in [0.15, 0.2) is 5.11 Å². The second-order valence-corrected chi connectivity index (χ2v) is 7.07. The molecule has 24 heavy (non-hydrogen) atoms. The predicted molar refractivity (Wildman–Crippen MR) is 108 cm³/mol. The second-order valence-electron chi connectivity index (χ2n) is 6.26. The van der Waals surface area contributed by atoms with Crippen LogP contribution in [0.5, 0.6) is 0 Å². The summed E-state index contributed by atoms with van der Waals surface area (Å²) in [6.07, 6.45) is 3.28. The third-order valence-electron chi connectivity index (χ3n) is 3.99. The quantitative estimate of drug-likeness (QED) is 0.425. The van der Waals surface area contributed by atoms with E-state index in [4.69, 9.17) is 29.6 Å². The highest BCUT2D eigenvalue weighted by atomic mass is 35.5. The van der Waals surface area contributed by atoms with Crippen molar-refractivity contribution in [3.8, 4) is 0 Å². The average molecular weight is 365 g/mol. The Morgan fingerprint density at radius 2 is 2.21 bits per heavy atom. The standard InChI is InChI=1S/C18H25ClN4S/c1-12(2)11-23-9-5-4-6-16(13(23)3)21-18(24)22-17-8-7-14(20)10-15(17)19/h7-8,10,16H,1,3-6,9,11,20H2,2H3,(H2,21,22,24)/t16-/m0/s1. The maximum absolute atomic E-state index is 6.19. The highest BCUT2D eigenvalue weighted by Crippen LogP contribution is 2.24. The number of thiocarbonyl (C=S) groups is 1. The molecule has 1 aromatic carbocycles. The number of nitrogen functional groups attached to an aromatic ring is 1. The lowest BCUT2D eigenvalue weighted by molar-refractivity contribution is 0.361. The van der Waals surface area contributed by atoms with Gasteiger partial charge in [0, 0.05) is 24.5 Å². The van der Waals surface area contributed by atoms with Gasteiger partial charge in [-0.2, -0.15) is 0 Å². The minimum Gasteiger partial charge on any atom is -0.399 e. The Balaban J connectivity index is 2.00. The molecule has 1 fully saturated rings. The molecule has 0 saturated carbocycles. The molecule has 4 N–H and O–H groups in total. The lowest BCUT2D eigenvalue weighted by Crippen LogP contribution is -2.42. The molecule has 0 unspecified atom stereocenters. The zero-order valence-corrected chi connectivity index (χ0v) is 15.6. The summed E-state index contributed by atoms with van der Waals surface area (Å²) in [5.74, 6) is 0. The van der Waals surface area contributed by atoms with Gasteiger partial charge in [0.2, 0.25) is 0 Å². The summed E-state index contributed by atoms with van der Waals surface area (Å²) >= 11 is 11.6. The van der Waals surface area contributed by atoms with Crippen LogP contribution in [-0.4, -0.2) is 29.1 Å². The van der Waals surface area contributed by atoms with Gasteiger partial charge in [0.05, 0.1) is 16.8 Å². The minimum atomic E-state index is 0.111. The molecule has 1 aliphatic rings. The van der Waals surface area contributed by atoms with Crippen molar-refractivity contribution in [2.45, 2.75) is 32.2 Å². The van der Waals surface area contributed by atoms with E-state index in [9.17, 15) is 0 Å². The van der Waals surface area contributed by atoms with Crippen molar-refractivity contribution in [3.63, 3.8) is 0 Å². The third kappa shape index (κ3) is 5.14. The first kappa shape index (κ1) is 18.6. The van der Waals surface area contributed by atoms with Gasteiger partial charge in [-0.1, -0.05) is 30.3 Å². The third-order valence-corrected chi connectivity index (χ3v) is 4.52. The van der Waals surface area contributed by atoms with Gasteiger partial charge in [-0.3, -0.25) is 0 Å². The van der Waals surface area contributed by atoms with Gasteiger partial charge in [-0.25, -0.2) is 0 Å². The van der Waals surface area contributed by atoms with Crippen molar-refractivity contribution in [2.24, 2.45) is 0 Å². The summed E-state index contributed by atoms with van der Waals surface area (Å²) in [5, 5.41) is 7.58. The molecule has 0 aliphatic carbocycles. The molecular formula is C18H25ClN4S. The average Bonchev–Trinajstić information content (AvgIpc) is 2.65. The monoisotopic (exact) mass is 364 g/mol. The fourth-order valence-corrected chi connectivity index (χ4v) is 3.28. The molecule has 1 heterocycles. The van der Waals surface area contributed by atoms with Crippen LogP contribution in [0, 0.1) is 0 Å². The van der Waals surface area contributed by atoms with E-state index in [1.165, 1.54) is 0 Å². The molecule has 1 aromatic rings. The van der Waals surface area contributed by atoms with E-state index in [2.05, 4.69) is 28.7 Å². The van der Waals surface area contributed by atoms with Crippen LogP contribution in [0.4, 0.5) is 11.4 Å². The van der Waals surface area contributed by atoms with Crippen LogP contribution in [0.15, 0.2) is 42.6 Å². The van der Waals surface area contributed by atoms with Crippen LogP contribution < -0.4 is 16.4 Å². The van der Waals surface area contributed by atoms with E-state index in [-0.39, 0.29) is 6.04 Å². The Hall–Kier alpha value is -1.72. The lowest BCUT2D eigenvalue weighted by Gasteiger charge is -2.30. The van der Waals surface area contributed by atoms with Crippen LogP contribution in [0.25, 0.3) is 0 Å². The maximum atomic E-state index is 6.19. The first-order valence-electron chi connectivity index (χ1n) is 8.07. The molecule has 0 amide bonds. The van der Waals surface area contributed by atoms with E-state index < -0.39 is 0 Å². The van der Waals surface area contributed by atoms with Gasteiger partial charge in [-0.15, -0.1) is 0 Å². The Morgan fingerprint density at radius 3 is 2.88 bits per heavy atom. The molecule has 130 valence electrons. The molecule has 2 rings (SSSR count). The largest absolute Gasteiger partial charge is 0.399 e. The number of benzene rings is 1. The van der Waals surface area contributed by atoms with Crippen LogP contribution in [0.2, 0.25) is 5.02 Å². The number of halogens is 1. The Morgan fingerprint density at radius 1 is 1.46 bits per heavy atom. The highest BCUT2D eigenvalue weighted by molar-refractivity contribution is 7.80. The van der Waals surface area contributed by atoms with Crippen molar-refractivity contribution >= 4 is 40.3 Å². The molecule has 1 aliphatic heterocycles. The zero-order chi connectivity index (χ0) is 17.7. The van der Waals surface area contributed by atoms with Crippen LogP contribution >= 0.6 is 23.8 Å². The highest BCUT2D eigenvalue weighted by Gasteiger charge is 2.22. The molecule has 1 atom stereocenters. The van der Waals surface area contributed by atoms with Crippen molar-refractivity contribution in [1.82, 2.24) is 10.2 Å². The fraction of sp³-hybridized carbons (Fsp3) is 0.389. The number of nitrogens with one attached hydrogen (secondary N) is 2. The van der Waals surface area contributed by atoms with E-state index >= 15 is 0 Å². The van der Waals surface area contributed by atoms with E-state index in [1.54, 1.807) is 12.1 Å².